The van der Waals surface area contributed by atoms with Crippen molar-refractivity contribution in [3.05, 3.63) is 35.4 Å². The topological polar surface area (TPSA) is 92.8 Å². The number of carbonyl (C=O) groups excluding carboxylic acids is 4. The fraction of sp³-hybridized carbons (Fsp3) is 0.412. The maximum Gasteiger partial charge on any atom is 0.358 e. The lowest BCUT2D eigenvalue weighted by molar-refractivity contribution is -0.179. The lowest BCUT2D eigenvalue weighted by Gasteiger charge is -2.35. The highest BCUT2D eigenvalue weighted by Gasteiger charge is 2.46. The van der Waals surface area contributed by atoms with Crippen LogP contribution in [0.4, 0.5) is 0 Å². The molecule has 0 spiro atoms. The van der Waals surface area contributed by atoms with Crippen molar-refractivity contribution in [1.29, 1.82) is 0 Å². The van der Waals surface area contributed by atoms with Crippen LogP contribution in [0, 0.1) is 0 Å². The quantitative estimate of drug-likeness (QED) is 0.849. The molecule has 2 aliphatic rings. The van der Waals surface area contributed by atoms with Crippen molar-refractivity contribution < 1.29 is 24.0 Å². The first kappa shape index (κ1) is 16.2. The summed E-state index contributed by atoms with van der Waals surface area (Å²) in [4.78, 5) is 53.9. The second-order valence-electron chi connectivity index (χ2n) is 6.15. The average molecular weight is 330 g/mol. The zero-order valence-corrected chi connectivity index (χ0v) is 13.3. The molecule has 3 amide bonds. The molecule has 0 aromatic heterocycles. The average Bonchev–Trinajstić information content (AvgIpc) is 2.80. The summed E-state index contributed by atoms with van der Waals surface area (Å²) in [5.41, 5.74) is -0.778. The summed E-state index contributed by atoms with van der Waals surface area (Å²) in [6.07, 6.45) is 3.33. The van der Waals surface area contributed by atoms with Crippen LogP contribution in [0.2, 0.25) is 0 Å². The van der Waals surface area contributed by atoms with E-state index >= 15 is 0 Å². The van der Waals surface area contributed by atoms with Crippen molar-refractivity contribution in [1.82, 2.24) is 10.4 Å². The Morgan fingerprint density at radius 2 is 1.58 bits per heavy atom. The van der Waals surface area contributed by atoms with Gasteiger partial charge in [0.15, 0.2) is 0 Å². The number of rotatable bonds is 3. The number of nitrogens with zero attached hydrogens (tertiary/aromatic N) is 1. The number of nitrogens with one attached hydrogen (secondary N) is 1. The van der Waals surface area contributed by atoms with Crippen molar-refractivity contribution in [2.75, 3.05) is 0 Å². The number of carbonyl (C=O) groups is 4. The molecule has 0 radical (unpaired) electrons. The predicted molar refractivity (Wildman–Crippen MR) is 82.7 cm³/mol. The Morgan fingerprint density at radius 3 is 2.08 bits per heavy atom. The van der Waals surface area contributed by atoms with Crippen LogP contribution in [-0.2, 0) is 14.4 Å². The van der Waals surface area contributed by atoms with Gasteiger partial charge in [0.2, 0.25) is 5.91 Å². The monoisotopic (exact) mass is 330 g/mol. The normalized spacial score (nSPS) is 19.0. The van der Waals surface area contributed by atoms with Crippen LogP contribution in [-0.4, -0.2) is 34.3 Å². The van der Waals surface area contributed by atoms with Crippen molar-refractivity contribution >= 4 is 23.7 Å². The highest BCUT2D eigenvalue weighted by molar-refractivity contribution is 6.21. The summed E-state index contributed by atoms with van der Waals surface area (Å²) >= 11 is 0. The standard InChI is InChI=1S/C17H18N2O5/c1-11(20)18-17(9-5-2-6-10-17)16(23)24-19-14(21)12-7-3-4-8-13(12)15(19)22/h3-4,7-8H,2,5-6,9-10H2,1H3,(H,18,20). The van der Waals surface area contributed by atoms with Crippen molar-refractivity contribution in [3.8, 4) is 0 Å². The van der Waals surface area contributed by atoms with Gasteiger partial charge in [-0.15, -0.1) is 0 Å². The van der Waals surface area contributed by atoms with E-state index < -0.39 is 23.3 Å². The van der Waals surface area contributed by atoms with Crippen LogP contribution in [0.1, 0.15) is 59.7 Å². The molecule has 0 atom stereocenters. The zero-order valence-electron chi connectivity index (χ0n) is 13.3. The summed E-state index contributed by atoms with van der Waals surface area (Å²) in [7, 11) is 0. The number of benzene rings is 1. The molecule has 1 fully saturated rings. The van der Waals surface area contributed by atoms with Crippen LogP contribution >= 0.6 is 0 Å². The fourth-order valence-corrected chi connectivity index (χ4v) is 3.29. The van der Waals surface area contributed by atoms with Gasteiger partial charge >= 0.3 is 5.97 Å². The van der Waals surface area contributed by atoms with Gasteiger partial charge in [-0.05, 0) is 25.0 Å². The molecule has 1 aliphatic carbocycles. The van der Waals surface area contributed by atoms with Crippen molar-refractivity contribution in [2.45, 2.75) is 44.6 Å². The van der Waals surface area contributed by atoms with E-state index in [1.165, 1.54) is 19.1 Å². The first-order chi connectivity index (χ1) is 11.4. The Hall–Kier alpha value is -2.70. The molecular weight excluding hydrogens is 312 g/mol. The number of hydrogen-bond donors (Lipinski definition) is 1. The summed E-state index contributed by atoms with van der Waals surface area (Å²) in [5, 5.41) is 3.15. The molecule has 1 saturated carbocycles. The van der Waals surface area contributed by atoms with Gasteiger partial charge in [-0.25, -0.2) is 4.79 Å². The van der Waals surface area contributed by atoms with E-state index in [0.717, 1.165) is 19.3 Å². The Balaban J connectivity index is 1.82. The lowest BCUT2D eigenvalue weighted by atomic mass is 9.81. The van der Waals surface area contributed by atoms with E-state index in [-0.39, 0.29) is 17.0 Å². The lowest BCUT2D eigenvalue weighted by Crippen LogP contribution is -2.57. The molecule has 1 heterocycles. The summed E-state index contributed by atoms with van der Waals surface area (Å²) in [6.45, 7) is 1.33. The maximum atomic E-state index is 12.7. The molecule has 1 N–H and O–H groups in total. The van der Waals surface area contributed by atoms with Gasteiger partial charge in [-0.3, -0.25) is 14.4 Å². The Labute approximate surface area is 138 Å². The minimum Gasteiger partial charge on any atom is -0.340 e. The minimum atomic E-state index is -1.18. The van der Waals surface area contributed by atoms with Gasteiger partial charge in [0.25, 0.3) is 11.8 Å². The molecule has 7 heteroatoms. The van der Waals surface area contributed by atoms with Gasteiger partial charge in [0.1, 0.15) is 5.54 Å². The summed E-state index contributed by atoms with van der Waals surface area (Å²) in [6, 6.07) is 6.28. The van der Waals surface area contributed by atoms with Crippen LogP contribution in [0.5, 0.6) is 0 Å². The molecule has 24 heavy (non-hydrogen) atoms. The number of imide groups is 1. The van der Waals surface area contributed by atoms with E-state index in [0.29, 0.717) is 17.9 Å². The third-order valence-corrected chi connectivity index (χ3v) is 4.44. The molecular formula is C17H18N2O5. The fourth-order valence-electron chi connectivity index (χ4n) is 3.29. The third kappa shape index (κ3) is 2.66. The van der Waals surface area contributed by atoms with Crippen molar-refractivity contribution in [3.63, 3.8) is 0 Å². The Bertz CT molecular complexity index is 686. The van der Waals surface area contributed by atoms with Gasteiger partial charge in [-0.1, -0.05) is 36.5 Å². The molecule has 126 valence electrons. The molecule has 7 nitrogen and oxygen atoms in total. The van der Waals surface area contributed by atoms with Crippen molar-refractivity contribution in [2.24, 2.45) is 0 Å². The minimum absolute atomic E-state index is 0.201. The summed E-state index contributed by atoms with van der Waals surface area (Å²) < 4.78 is 0. The zero-order chi connectivity index (χ0) is 17.3. The maximum absolute atomic E-state index is 12.7. The summed E-state index contributed by atoms with van der Waals surface area (Å²) in [5.74, 6) is -2.46. The van der Waals surface area contributed by atoms with Gasteiger partial charge in [0, 0.05) is 6.92 Å². The predicted octanol–water partition coefficient (Wildman–Crippen LogP) is 1.58. The SMILES string of the molecule is CC(=O)NC1(C(=O)ON2C(=O)c3ccccc3C2=O)CCCCC1. The second kappa shape index (κ2) is 6.07. The number of amides is 3. The number of hydrogen-bond acceptors (Lipinski definition) is 5. The van der Waals surface area contributed by atoms with E-state index in [1.54, 1.807) is 12.1 Å². The van der Waals surface area contributed by atoms with Crippen LogP contribution < -0.4 is 5.32 Å². The Kier molecular flexibility index (Phi) is 4.09. The number of hydroxylamine groups is 2. The van der Waals surface area contributed by atoms with Crippen LogP contribution in [0.3, 0.4) is 0 Å². The van der Waals surface area contributed by atoms with E-state index in [9.17, 15) is 19.2 Å². The molecule has 0 saturated heterocycles. The number of fused-ring (bicyclic) bond motifs is 1. The molecule has 1 aliphatic heterocycles. The first-order valence-electron chi connectivity index (χ1n) is 7.93. The third-order valence-electron chi connectivity index (χ3n) is 4.44. The van der Waals surface area contributed by atoms with Gasteiger partial charge in [-0.2, -0.15) is 0 Å². The Morgan fingerprint density at radius 1 is 1.04 bits per heavy atom. The van der Waals surface area contributed by atoms with Gasteiger partial charge < -0.3 is 10.2 Å². The molecule has 0 bridgehead atoms. The van der Waals surface area contributed by atoms with Gasteiger partial charge in [0.05, 0.1) is 11.1 Å². The molecule has 0 unspecified atom stereocenters. The van der Waals surface area contributed by atoms with E-state index in [2.05, 4.69) is 5.32 Å². The van der Waals surface area contributed by atoms with E-state index in [1.807, 2.05) is 0 Å². The highest BCUT2D eigenvalue weighted by Crippen LogP contribution is 2.31. The molecule has 1 aromatic carbocycles. The first-order valence-corrected chi connectivity index (χ1v) is 7.93. The highest BCUT2D eigenvalue weighted by atomic mass is 16.7. The molecule has 3 rings (SSSR count). The van der Waals surface area contributed by atoms with E-state index in [4.69, 9.17) is 4.84 Å². The molecule has 1 aromatic rings. The second-order valence-corrected chi connectivity index (χ2v) is 6.15. The largest absolute Gasteiger partial charge is 0.358 e. The van der Waals surface area contributed by atoms with Crippen LogP contribution in [0.15, 0.2) is 24.3 Å². The smallest absolute Gasteiger partial charge is 0.340 e. The van der Waals surface area contributed by atoms with Crippen LogP contribution in [0.25, 0.3) is 0 Å².